The number of carbonyl (C=O) groups is 1. The van der Waals surface area contributed by atoms with Crippen molar-refractivity contribution in [1.29, 1.82) is 0 Å². The Labute approximate surface area is 121 Å². The summed E-state index contributed by atoms with van der Waals surface area (Å²) < 4.78 is 5.26. The van der Waals surface area contributed by atoms with Crippen LogP contribution >= 0.6 is 0 Å². The predicted molar refractivity (Wildman–Crippen MR) is 79.3 cm³/mol. The van der Waals surface area contributed by atoms with Crippen LogP contribution in [0.4, 0.5) is 0 Å². The van der Waals surface area contributed by atoms with E-state index in [2.05, 4.69) is 20.8 Å². The Morgan fingerprint density at radius 1 is 1.40 bits per heavy atom. The number of furan rings is 1. The zero-order valence-electron chi connectivity index (χ0n) is 12.8. The highest BCUT2D eigenvalue weighted by Crippen LogP contribution is 2.34. The molecular formula is C16H26N2O2. The smallest absolute Gasteiger partial charge is 0.257 e. The van der Waals surface area contributed by atoms with Crippen molar-refractivity contribution < 1.29 is 9.21 Å². The molecule has 2 rings (SSSR count). The van der Waals surface area contributed by atoms with Crippen LogP contribution in [0.1, 0.15) is 56.2 Å². The number of hydrogen-bond donors (Lipinski definition) is 1. The fraction of sp³-hybridized carbons (Fsp3) is 0.688. The Morgan fingerprint density at radius 3 is 2.75 bits per heavy atom. The minimum Gasteiger partial charge on any atom is -0.467 e. The summed E-state index contributed by atoms with van der Waals surface area (Å²) in [6, 6.07) is 1.76. The fourth-order valence-corrected chi connectivity index (χ4v) is 2.95. The number of nitrogens with two attached hydrogens (primary N) is 1. The van der Waals surface area contributed by atoms with Gasteiger partial charge < -0.3 is 15.1 Å². The Morgan fingerprint density at radius 2 is 2.15 bits per heavy atom. The molecule has 2 N–H and O–H groups in total. The van der Waals surface area contributed by atoms with Crippen molar-refractivity contribution in [3.8, 4) is 0 Å². The lowest BCUT2D eigenvalue weighted by Gasteiger charge is -2.29. The van der Waals surface area contributed by atoms with E-state index in [0.29, 0.717) is 29.2 Å². The molecule has 1 aromatic rings. The van der Waals surface area contributed by atoms with Crippen molar-refractivity contribution in [2.45, 2.75) is 46.6 Å². The Balaban J connectivity index is 2.01. The number of carbonyl (C=O) groups excluding carboxylic acids is 1. The van der Waals surface area contributed by atoms with Crippen LogP contribution in [-0.2, 0) is 6.54 Å². The first-order valence-electron chi connectivity index (χ1n) is 7.48. The summed E-state index contributed by atoms with van der Waals surface area (Å²) in [7, 11) is 0. The minimum atomic E-state index is 0.0722. The van der Waals surface area contributed by atoms with E-state index in [0.717, 1.165) is 25.9 Å². The summed E-state index contributed by atoms with van der Waals surface area (Å²) in [5.74, 6) is 1.42. The van der Waals surface area contributed by atoms with Gasteiger partial charge >= 0.3 is 0 Å². The minimum absolute atomic E-state index is 0.0722. The molecule has 0 spiro atoms. The third-order valence-electron chi connectivity index (χ3n) is 4.34. The lowest BCUT2D eigenvalue weighted by Crippen LogP contribution is -2.32. The van der Waals surface area contributed by atoms with Crippen molar-refractivity contribution in [2.24, 2.45) is 17.1 Å². The first-order chi connectivity index (χ1) is 9.41. The van der Waals surface area contributed by atoms with Gasteiger partial charge in [0.2, 0.25) is 0 Å². The SMILES string of the molecule is CC(C)(C)C1CCCN(C(=O)c2coc(CN)c2)CC1. The van der Waals surface area contributed by atoms with Crippen molar-refractivity contribution >= 4 is 5.91 Å². The standard InChI is InChI=1S/C16H26N2O2/c1-16(2,3)13-5-4-7-18(8-6-13)15(19)12-9-14(10-17)20-11-12/h9,11,13H,4-8,10,17H2,1-3H3. The zero-order valence-corrected chi connectivity index (χ0v) is 12.8. The molecule has 0 bridgehead atoms. The van der Waals surface area contributed by atoms with E-state index >= 15 is 0 Å². The van der Waals surface area contributed by atoms with Gasteiger partial charge in [-0.05, 0) is 36.7 Å². The summed E-state index contributed by atoms with van der Waals surface area (Å²) in [5, 5.41) is 0. The van der Waals surface area contributed by atoms with Crippen LogP contribution in [0.2, 0.25) is 0 Å². The maximum atomic E-state index is 12.5. The molecule has 4 nitrogen and oxygen atoms in total. The van der Waals surface area contributed by atoms with E-state index in [1.54, 1.807) is 6.07 Å². The maximum Gasteiger partial charge on any atom is 0.257 e. The fourth-order valence-electron chi connectivity index (χ4n) is 2.95. The van der Waals surface area contributed by atoms with Gasteiger partial charge in [0.1, 0.15) is 12.0 Å². The largest absolute Gasteiger partial charge is 0.467 e. The van der Waals surface area contributed by atoms with E-state index in [4.69, 9.17) is 10.2 Å². The molecule has 1 aliphatic rings. The Kier molecular flexibility index (Phi) is 4.53. The van der Waals surface area contributed by atoms with Gasteiger partial charge in [0.05, 0.1) is 12.1 Å². The molecule has 1 unspecified atom stereocenters. The second-order valence-electron chi connectivity index (χ2n) is 6.79. The van der Waals surface area contributed by atoms with Gasteiger partial charge in [0, 0.05) is 13.1 Å². The van der Waals surface area contributed by atoms with Gasteiger partial charge in [-0.3, -0.25) is 4.79 Å². The van der Waals surface area contributed by atoms with Crippen molar-refractivity contribution in [1.82, 2.24) is 4.90 Å². The molecule has 0 radical (unpaired) electrons. The normalized spacial score (nSPS) is 20.8. The monoisotopic (exact) mass is 278 g/mol. The second-order valence-corrected chi connectivity index (χ2v) is 6.79. The number of rotatable bonds is 2. The number of nitrogens with zero attached hydrogens (tertiary/aromatic N) is 1. The predicted octanol–water partition coefficient (Wildman–Crippen LogP) is 3.03. The molecule has 1 aliphatic heterocycles. The van der Waals surface area contributed by atoms with Gasteiger partial charge in [-0.1, -0.05) is 20.8 Å². The average molecular weight is 278 g/mol. The maximum absolute atomic E-state index is 12.5. The van der Waals surface area contributed by atoms with Crippen LogP contribution in [0, 0.1) is 11.3 Å². The molecule has 4 heteroatoms. The van der Waals surface area contributed by atoms with Crippen LogP contribution in [0.3, 0.4) is 0 Å². The molecular weight excluding hydrogens is 252 g/mol. The lowest BCUT2D eigenvalue weighted by molar-refractivity contribution is 0.0755. The van der Waals surface area contributed by atoms with Crippen LogP contribution in [-0.4, -0.2) is 23.9 Å². The highest BCUT2D eigenvalue weighted by molar-refractivity contribution is 5.94. The summed E-state index contributed by atoms with van der Waals surface area (Å²) in [5.41, 5.74) is 6.46. The van der Waals surface area contributed by atoms with E-state index in [1.807, 2.05) is 4.90 Å². The van der Waals surface area contributed by atoms with Crippen LogP contribution < -0.4 is 5.73 Å². The first-order valence-corrected chi connectivity index (χ1v) is 7.48. The summed E-state index contributed by atoms with van der Waals surface area (Å²) in [4.78, 5) is 14.4. The summed E-state index contributed by atoms with van der Waals surface area (Å²) >= 11 is 0. The van der Waals surface area contributed by atoms with Crippen molar-refractivity contribution in [3.63, 3.8) is 0 Å². The molecule has 1 fully saturated rings. The average Bonchev–Trinajstić information content (AvgIpc) is 2.72. The summed E-state index contributed by atoms with van der Waals surface area (Å²) in [6.45, 7) is 8.88. The zero-order chi connectivity index (χ0) is 14.8. The lowest BCUT2D eigenvalue weighted by atomic mass is 9.77. The molecule has 1 saturated heterocycles. The van der Waals surface area contributed by atoms with Crippen LogP contribution in [0.5, 0.6) is 0 Å². The van der Waals surface area contributed by atoms with Gasteiger partial charge in [-0.2, -0.15) is 0 Å². The molecule has 0 aliphatic carbocycles. The Bertz CT molecular complexity index is 459. The second kappa shape index (κ2) is 6.00. The molecule has 20 heavy (non-hydrogen) atoms. The third kappa shape index (κ3) is 3.42. The highest BCUT2D eigenvalue weighted by atomic mass is 16.3. The molecule has 1 amide bonds. The highest BCUT2D eigenvalue weighted by Gasteiger charge is 2.29. The van der Waals surface area contributed by atoms with Crippen LogP contribution in [0.25, 0.3) is 0 Å². The van der Waals surface area contributed by atoms with Gasteiger partial charge in [-0.15, -0.1) is 0 Å². The van der Waals surface area contributed by atoms with Gasteiger partial charge in [-0.25, -0.2) is 0 Å². The van der Waals surface area contributed by atoms with Gasteiger partial charge in [0.15, 0.2) is 0 Å². The molecule has 112 valence electrons. The van der Waals surface area contributed by atoms with E-state index in [9.17, 15) is 4.79 Å². The molecule has 2 heterocycles. The van der Waals surface area contributed by atoms with Crippen molar-refractivity contribution in [2.75, 3.05) is 13.1 Å². The Hall–Kier alpha value is -1.29. The number of likely N-dealkylation sites (tertiary alicyclic amines) is 1. The number of amides is 1. The quantitative estimate of drug-likeness (QED) is 0.904. The molecule has 0 aromatic carbocycles. The summed E-state index contributed by atoms with van der Waals surface area (Å²) in [6.07, 6.45) is 4.88. The van der Waals surface area contributed by atoms with Crippen LogP contribution in [0.15, 0.2) is 16.7 Å². The van der Waals surface area contributed by atoms with Crippen molar-refractivity contribution in [3.05, 3.63) is 23.7 Å². The third-order valence-corrected chi connectivity index (χ3v) is 4.34. The van der Waals surface area contributed by atoms with E-state index < -0.39 is 0 Å². The number of hydrogen-bond acceptors (Lipinski definition) is 3. The molecule has 1 atom stereocenters. The van der Waals surface area contributed by atoms with E-state index in [1.165, 1.54) is 12.7 Å². The molecule has 0 saturated carbocycles. The molecule has 1 aromatic heterocycles. The van der Waals surface area contributed by atoms with E-state index in [-0.39, 0.29) is 5.91 Å². The van der Waals surface area contributed by atoms with Gasteiger partial charge in [0.25, 0.3) is 5.91 Å². The topological polar surface area (TPSA) is 59.5 Å². The first kappa shape index (κ1) is 15.1.